The molecule has 1 aromatic heterocycles. The summed E-state index contributed by atoms with van der Waals surface area (Å²) in [6, 6.07) is 14.8. The fourth-order valence-electron chi connectivity index (χ4n) is 3.13. The molecule has 8 nitrogen and oxygen atoms in total. The van der Waals surface area contributed by atoms with Crippen molar-refractivity contribution in [2.24, 2.45) is 7.05 Å². The monoisotopic (exact) mass is 423 g/mol. The Morgan fingerprint density at radius 1 is 1.06 bits per heavy atom. The summed E-state index contributed by atoms with van der Waals surface area (Å²) in [5.41, 5.74) is 2.53. The highest BCUT2D eigenvalue weighted by molar-refractivity contribution is 5.89. The smallest absolute Gasteiger partial charge is 0.345 e. The largest absolute Gasteiger partial charge is 0.497 e. The predicted molar refractivity (Wildman–Crippen MR) is 122 cm³/mol. The number of hydrogen-bond donors (Lipinski definition) is 2. The highest BCUT2D eigenvalue weighted by Crippen LogP contribution is 2.23. The molecular formula is C23H29N5O3. The zero-order valence-electron chi connectivity index (χ0n) is 18.6. The minimum atomic E-state index is -0.331. The van der Waals surface area contributed by atoms with Gasteiger partial charge in [0.25, 0.3) is 0 Å². The molecule has 2 amide bonds. The lowest BCUT2D eigenvalue weighted by atomic mass is 9.87. The van der Waals surface area contributed by atoms with E-state index in [1.54, 1.807) is 14.2 Å². The van der Waals surface area contributed by atoms with Crippen molar-refractivity contribution in [2.75, 3.05) is 19.0 Å². The average molecular weight is 424 g/mol. The van der Waals surface area contributed by atoms with Gasteiger partial charge in [0, 0.05) is 24.8 Å². The number of nitrogens with zero attached hydrogens (tertiary/aromatic N) is 3. The standard InChI is InChI=1S/C23H29N5O3/c1-23(2,3)17-8-10-18(11-9-17)25-21(29)24-14-15-28-22(30)27(4)20(26-28)16-6-12-19(31-5)13-7-16/h6-13H,14-15H2,1-5H3,(H2,24,25,29). The normalized spacial score (nSPS) is 11.3. The van der Waals surface area contributed by atoms with Crippen LogP contribution in [0.1, 0.15) is 26.3 Å². The SMILES string of the molecule is COc1ccc(-c2nn(CCNC(=O)Nc3ccc(C(C)(C)C)cc3)c(=O)n2C)cc1. The summed E-state index contributed by atoms with van der Waals surface area (Å²) >= 11 is 0. The van der Waals surface area contributed by atoms with Crippen LogP contribution in [0.4, 0.5) is 10.5 Å². The Labute approximate surface area is 181 Å². The van der Waals surface area contributed by atoms with Crippen LogP contribution >= 0.6 is 0 Å². The molecule has 8 heteroatoms. The number of urea groups is 1. The fourth-order valence-corrected chi connectivity index (χ4v) is 3.13. The molecule has 31 heavy (non-hydrogen) atoms. The molecule has 0 saturated carbocycles. The van der Waals surface area contributed by atoms with Crippen molar-refractivity contribution in [3.8, 4) is 17.1 Å². The van der Waals surface area contributed by atoms with Crippen LogP contribution in [0.2, 0.25) is 0 Å². The maximum Gasteiger partial charge on any atom is 0.345 e. The second-order valence-corrected chi connectivity index (χ2v) is 8.33. The highest BCUT2D eigenvalue weighted by Gasteiger charge is 2.14. The first kappa shape index (κ1) is 22.1. The Hall–Kier alpha value is -3.55. The summed E-state index contributed by atoms with van der Waals surface area (Å²) in [5.74, 6) is 1.28. The second kappa shape index (κ2) is 9.07. The van der Waals surface area contributed by atoms with Crippen molar-refractivity contribution >= 4 is 11.7 Å². The minimum absolute atomic E-state index is 0.0569. The van der Waals surface area contributed by atoms with E-state index in [-0.39, 0.29) is 30.2 Å². The Morgan fingerprint density at radius 3 is 2.29 bits per heavy atom. The minimum Gasteiger partial charge on any atom is -0.497 e. The number of carbonyl (C=O) groups excluding carboxylic acids is 1. The molecule has 0 saturated heterocycles. The van der Waals surface area contributed by atoms with Crippen LogP contribution in [0.25, 0.3) is 11.4 Å². The van der Waals surface area contributed by atoms with E-state index in [0.29, 0.717) is 11.5 Å². The number of amides is 2. The van der Waals surface area contributed by atoms with Gasteiger partial charge in [0.2, 0.25) is 0 Å². The van der Waals surface area contributed by atoms with Gasteiger partial charge in [-0.05, 0) is 47.4 Å². The van der Waals surface area contributed by atoms with E-state index < -0.39 is 0 Å². The molecule has 164 valence electrons. The number of benzene rings is 2. The quantitative estimate of drug-likeness (QED) is 0.636. The molecule has 0 aliphatic carbocycles. The van der Waals surface area contributed by atoms with E-state index in [9.17, 15) is 9.59 Å². The van der Waals surface area contributed by atoms with Gasteiger partial charge < -0.3 is 15.4 Å². The van der Waals surface area contributed by atoms with Gasteiger partial charge in [-0.25, -0.2) is 14.3 Å². The summed E-state index contributed by atoms with van der Waals surface area (Å²) in [4.78, 5) is 24.7. The molecule has 1 heterocycles. The Morgan fingerprint density at radius 2 is 1.71 bits per heavy atom. The third-order valence-electron chi connectivity index (χ3n) is 5.01. The number of anilines is 1. The first-order valence-corrected chi connectivity index (χ1v) is 10.1. The van der Waals surface area contributed by atoms with Gasteiger partial charge in [0.1, 0.15) is 5.75 Å². The summed E-state index contributed by atoms with van der Waals surface area (Å²) in [5, 5.41) is 9.96. The van der Waals surface area contributed by atoms with Crippen LogP contribution < -0.4 is 21.1 Å². The van der Waals surface area contributed by atoms with Crippen LogP contribution in [-0.4, -0.2) is 34.0 Å². The number of rotatable bonds is 6. The molecule has 0 radical (unpaired) electrons. The van der Waals surface area contributed by atoms with Crippen LogP contribution in [-0.2, 0) is 19.0 Å². The van der Waals surface area contributed by atoms with Crippen molar-refractivity contribution in [3.05, 3.63) is 64.6 Å². The van der Waals surface area contributed by atoms with Crippen molar-refractivity contribution < 1.29 is 9.53 Å². The van der Waals surface area contributed by atoms with E-state index in [1.807, 2.05) is 48.5 Å². The summed E-state index contributed by atoms with van der Waals surface area (Å²) < 4.78 is 7.99. The van der Waals surface area contributed by atoms with Gasteiger partial charge in [-0.2, -0.15) is 0 Å². The van der Waals surface area contributed by atoms with E-state index in [1.165, 1.54) is 14.8 Å². The Balaban J connectivity index is 1.57. The lowest BCUT2D eigenvalue weighted by Crippen LogP contribution is -2.34. The number of methoxy groups -OCH3 is 1. The molecule has 3 aromatic rings. The molecule has 0 aliphatic rings. The van der Waals surface area contributed by atoms with Crippen LogP contribution in [0.5, 0.6) is 5.75 Å². The summed E-state index contributed by atoms with van der Waals surface area (Å²) in [6.45, 7) is 6.95. The molecule has 0 unspecified atom stereocenters. The van der Waals surface area contributed by atoms with Gasteiger partial charge >= 0.3 is 11.7 Å². The van der Waals surface area contributed by atoms with Gasteiger partial charge in [-0.3, -0.25) is 4.57 Å². The van der Waals surface area contributed by atoms with E-state index in [0.717, 1.165) is 11.3 Å². The Bertz CT molecular complexity index is 1090. The molecule has 0 fully saturated rings. The van der Waals surface area contributed by atoms with E-state index in [4.69, 9.17) is 4.74 Å². The summed E-state index contributed by atoms with van der Waals surface area (Å²) in [6.07, 6.45) is 0. The van der Waals surface area contributed by atoms with Crippen molar-refractivity contribution in [3.63, 3.8) is 0 Å². The zero-order valence-corrected chi connectivity index (χ0v) is 18.6. The molecular weight excluding hydrogens is 394 g/mol. The molecule has 0 spiro atoms. The summed E-state index contributed by atoms with van der Waals surface area (Å²) in [7, 11) is 3.27. The Kier molecular flexibility index (Phi) is 6.48. The molecule has 0 atom stereocenters. The maximum atomic E-state index is 12.5. The topological polar surface area (TPSA) is 90.2 Å². The van der Waals surface area contributed by atoms with Crippen molar-refractivity contribution in [2.45, 2.75) is 32.7 Å². The molecule has 2 aromatic carbocycles. The molecule has 3 rings (SSSR count). The lowest BCUT2D eigenvalue weighted by molar-refractivity contribution is 0.251. The van der Waals surface area contributed by atoms with Crippen LogP contribution in [0.15, 0.2) is 53.3 Å². The lowest BCUT2D eigenvalue weighted by Gasteiger charge is -2.19. The second-order valence-electron chi connectivity index (χ2n) is 8.33. The van der Waals surface area contributed by atoms with Crippen molar-refractivity contribution in [1.82, 2.24) is 19.7 Å². The number of ether oxygens (including phenoxy) is 1. The van der Waals surface area contributed by atoms with E-state index >= 15 is 0 Å². The molecule has 0 aliphatic heterocycles. The number of aromatic nitrogens is 3. The van der Waals surface area contributed by atoms with Gasteiger partial charge in [-0.1, -0.05) is 32.9 Å². The van der Waals surface area contributed by atoms with Crippen molar-refractivity contribution in [1.29, 1.82) is 0 Å². The maximum absolute atomic E-state index is 12.5. The first-order chi connectivity index (χ1) is 14.7. The average Bonchev–Trinajstić information content (AvgIpc) is 3.02. The van der Waals surface area contributed by atoms with Gasteiger partial charge in [-0.15, -0.1) is 5.10 Å². The third-order valence-corrected chi connectivity index (χ3v) is 5.01. The van der Waals surface area contributed by atoms with Gasteiger partial charge in [0.05, 0.1) is 13.7 Å². The predicted octanol–water partition coefficient (Wildman–Crippen LogP) is 3.38. The number of hydrogen-bond acceptors (Lipinski definition) is 4. The number of nitrogens with one attached hydrogen (secondary N) is 2. The zero-order chi connectivity index (χ0) is 22.6. The molecule has 2 N–H and O–H groups in total. The fraction of sp³-hybridized carbons (Fsp3) is 0.348. The van der Waals surface area contributed by atoms with E-state index in [2.05, 4.69) is 36.5 Å². The van der Waals surface area contributed by atoms with Gasteiger partial charge in [0.15, 0.2) is 5.82 Å². The number of carbonyl (C=O) groups is 1. The molecule has 0 bridgehead atoms. The first-order valence-electron chi connectivity index (χ1n) is 10.1. The van der Waals surface area contributed by atoms with Crippen LogP contribution in [0.3, 0.4) is 0 Å². The highest BCUT2D eigenvalue weighted by atomic mass is 16.5. The van der Waals surface area contributed by atoms with Crippen LogP contribution in [0, 0.1) is 0 Å². The third kappa shape index (κ3) is 5.33.